The zero-order valence-electron chi connectivity index (χ0n) is 15.4. The van der Waals surface area contributed by atoms with Gasteiger partial charge in [-0.15, -0.1) is 24.8 Å². The summed E-state index contributed by atoms with van der Waals surface area (Å²) in [7, 11) is 0. The number of amides is 2. The van der Waals surface area contributed by atoms with E-state index >= 15 is 0 Å². The summed E-state index contributed by atoms with van der Waals surface area (Å²) in [6, 6.07) is 7.93. The number of nitrogens with zero attached hydrogens (tertiary/aromatic N) is 1. The highest BCUT2D eigenvalue weighted by Gasteiger charge is 2.32. The maximum absolute atomic E-state index is 12.6. The monoisotopic (exact) mass is 416 g/mol. The van der Waals surface area contributed by atoms with Crippen LogP contribution in [0.4, 0.5) is 11.4 Å². The predicted molar refractivity (Wildman–Crippen MR) is 114 cm³/mol. The largest absolute Gasteiger partial charge is 0.371 e. The Balaban J connectivity index is 0.00000182. The number of rotatable bonds is 5. The van der Waals surface area contributed by atoms with Crippen LogP contribution in [0, 0.1) is 17.8 Å². The first-order valence-corrected chi connectivity index (χ1v) is 9.23. The Bertz CT molecular complexity index is 636. The summed E-state index contributed by atoms with van der Waals surface area (Å²) in [6.07, 6.45) is 4.62. The number of carbonyl (C=O) groups excluding carboxylic acids is 2. The number of nitrogens with two attached hydrogens (primary N) is 2. The van der Waals surface area contributed by atoms with Crippen molar-refractivity contribution in [3.05, 3.63) is 24.3 Å². The van der Waals surface area contributed by atoms with Gasteiger partial charge in [-0.3, -0.25) is 9.59 Å². The van der Waals surface area contributed by atoms with Crippen molar-refractivity contribution in [2.45, 2.75) is 32.1 Å². The summed E-state index contributed by atoms with van der Waals surface area (Å²) in [5.74, 6) is 0.190. The van der Waals surface area contributed by atoms with Crippen molar-refractivity contribution in [2.75, 3.05) is 29.9 Å². The van der Waals surface area contributed by atoms with E-state index in [0.717, 1.165) is 56.6 Å². The van der Waals surface area contributed by atoms with Gasteiger partial charge in [-0.2, -0.15) is 0 Å². The normalized spacial score (nSPS) is 22.5. The summed E-state index contributed by atoms with van der Waals surface area (Å²) in [6.45, 7) is 2.19. The van der Waals surface area contributed by atoms with Crippen LogP contribution in [0.15, 0.2) is 24.3 Å². The molecule has 0 unspecified atom stereocenters. The summed E-state index contributed by atoms with van der Waals surface area (Å²) >= 11 is 0. The third-order valence-corrected chi connectivity index (χ3v) is 5.67. The third kappa shape index (κ3) is 5.74. The Morgan fingerprint density at radius 1 is 1.11 bits per heavy atom. The summed E-state index contributed by atoms with van der Waals surface area (Å²) < 4.78 is 0. The van der Waals surface area contributed by atoms with Crippen molar-refractivity contribution < 1.29 is 9.59 Å². The molecule has 8 heteroatoms. The number of hydrogen-bond donors (Lipinski definition) is 3. The molecule has 0 aromatic heterocycles. The smallest absolute Gasteiger partial charge is 0.227 e. The second kappa shape index (κ2) is 10.7. The molecule has 1 aliphatic heterocycles. The van der Waals surface area contributed by atoms with Crippen LogP contribution in [0.5, 0.6) is 0 Å². The lowest BCUT2D eigenvalue weighted by Crippen LogP contribution is -2.38. The molecule has 2 aliphatic rings. The molecule has 1 aromatic rings. The van der Waals surface area contributed by atoms with E-state index in [1.165, 1.54) is 0 Å². The maximum Gasteiger partial charge on any atom is 0.227 e. The van der Waals surface area contributed by atoms with Gasteiger partial charge >= 0.3 is 0 Å². The van der Waals surface area contributed by atoms with Gasteiger partial charge in [0.1, 0.15) is 0 Å². The van der Waals surface area contributed by atoms with E-state index in [-0.39, 0.29) is 48.5 Å². The fourth-order valence-corrected chi connectivity index (χ4v) is 4.10. The maximum atomic E-state index is 12.6. The molecule has 1 saturated heterocycles. The molecule has 152 valence electrons. The van der Waals surface area contributed by atoms with Crippen LogP contribution in [0.3, 0.4) is 0 Å². The van der Waals surface area contributed by atoms with E-state index in [9.17, 15) is 9.59 Å². The molecular formula is C19H30Cl2N4O2. The quantitative estimate of drug-likeness (QED) is 0.685. The second-order valence-corrected chi connectivity index (χ2v) is 7.24. The second-order valence-electron chi connectivity index (χ2n) is 7.24. The number of primary amides is 1. The van der Waals surface area contributed by atoms with Gasteiger partial charge in [0.2, 0.25) is 11.8 Å². The van der Waals surface area contributed by atoms with Gasteiger partial charge in [0, 0.05) is 36.3 Å². The van der Waals surface area contributed by atoms with Crippen LogP contribution in [-0.2, 0) is 9.59 Å². The van der Waals surface area contributed by atoms with Crippen molar-refractivity contribution in [1.82, 2.24) is 0 Å². The van der Waals surface area contributed by atoms with Crippen molar-refractivity contribution >= 4 is 48.0 Å². The van der Waals surface area contributed by atoms with Gasteiger partial charge in [0.15, 0.2) is 0 Å². The van der Waals surface area contributed by atoms with Crippen molar-refractivity contribution in [3.8, 4) is 0 Å². The molecule has 6 nitrogen and oxygen atoms in total. The Kier molecular flexibility index (Phi) is 9.36. The number of benzene rings is 1. The predicted octanol–water partition coefficient (Wildman–Crippen LogP) is 2.55. The standard InChI is InChI=1S/C19H28N4O2.2ClH/c20-12-14-3-1-6-17(14)19(25)22-15-4-2-5-16(11-15)23-9-7-13(8-10-23)18(21)24;;/h2,4-5,11,13-14,17H,1,3,6-10,12,20H2,(H2,21,24)(H,22,25);2*1H/t14-,17-;;/m1../s1. The van der Waals surface area contributed by atoms with E-state index in [0.29, 0.717) is 12.5 Å². The summed E-state index contributed by atoms with van der Waals surface area (Å²) in [5.41, 5.74) is 13.1. The molecule has 2 fully saturated rings. The Morgan fingerprint density at radius 2 is 1.81 bits per heavy atom. The van der Waals surface area contributed by atoms with Gasteiger partial charge in [-0.25, -0.2) is 0 Å². The number of anilines is 2. The third-order valence-electron chi connectivity index (χ3n) is 5.67. The lowest BCUT2D eigenvalue weighted by Gasteiger charge is -2.32. The lowest BCUT2D eigenvalue weighted by atomic mass is 9.95. The molecule has 27 heavy (non-hydrogen) atoms. The minimum absolute atomic E-state index is 0. The fraction of sp³-hybridized carbons (Fsp3) is 0.579. The first-order chi connectivity index (χ1) is 12.1. The van der Waals surface area contributed by atoms with Crippen LogP contribution in [0.25, 0.3) is 0 Å². The van der Waals surface area contributed by atoms with Gasteiger partial charge in [-0.05, 0) is 56.3 Å². The molecule has 1 aromatic carbocycles. The first kappa shape index (κ1) is 23.5. The number of carbonyl (C=O) groups is 2. The van der Waals surface area contributed by atoms with Crippen LogP contribution >= 0.6 is 24.8 Å². The molecule has 1 aliphatic carbocycles. The van der Waals surface area contributed by atoms with Crippen LogP contribution in [-0.4, -0.2) is 31.4 Å². The first-order valence-electron chi connectivity index (χ1n) is 9.23. The number of hydrogen-bond acceptors (Lipinski definition) is 4. The van der Waals surface area contributed by atoms with E-state index in [1.807, 2.05) is 24.3 Å². The molecule has 2 atom stereocenters. The van der Waals surface area contributed by atoms with E-state index in [2.05, 4.69) is 10.2 Å². The SMILES string of the molecule is Cl.Cl.NC[C@H]1CCC[C@H]1C(=O)Nc1cccc(N2CCC(C(N)=O)CC2)c1. The molecule has 0 radical (unpaired) electrons. The summed E-state index contributed by atoms with van der Waals surface area (Å²) in [4.78, 5) is 26.1. The van der Waals surface area contributed by atoms with E-state index in [1.54, 1.807) is 0 Å². The highest BCUT2D eigenvalue weighted by molar-refractivity contribution is 5.93. The van der Waals surface area contributed by atoms with Gasteiger partial charge in [0.05, 0.1) is 0 Å². The molecular weight excluding hydrogens is 387 g/mol. The Labute approximate surface area is 173 Å². The molecule has 1 saturated carbocycles. The van der Waals surface area contributed by atoms with Crippen LogP contribution in [0.1, 0.15) is 32.1 Å². The van der Waals surface area contributed by atoms with Crippen molar-refractivity contribution in [1.29, 1.82) is 0 Å². The minimum atomic E-state index is -0.202. The number of halogens is 2. The van der Waals surface area contributed by atoms with E-state index in [4.69, 9.17) is 11.5 Å². The number of nitrogens with one attached hydrogen (secondary N) is 1. The average Bonchev–Trinajstić information content (AvgIpc) is 3.11. The Morgan fingerprint density at radius 3 is 2.44 bits per heavy atom. The highest BCUT2D eigenvalue weighted by atomic mass is 35.5. The topological polar surface area (TPSA) is 101 Å². The van der Waals surface area contributed by atoms with Crippen molar-refractivity contribution in [2.24, 2.45) is 29.2 Å². The molecule has 2 amide bonds. The summed E-state index contributed by atoms with van der Waals surface area (Å²) in [5, 5.41) is 3.06. The number of piperidine rings is 1. The lowest BCUT2D eigenvalue weighted by molar-refractivity contribution is -0.122. The molecule has 3 rings (SSSR count). The molecule has 1 heterocycles. The van der Waals surface area contributed by atoms with Gasteiger partial charge < -0.3 is 21.7 Å². The van der Waals surface area contributed by atoms with Crippen LogP contribution < -0.4 is 21.7 Å². The highest BCUT2D eigenvalue weighted by Crippen LogP contribution is 2.32. The fourth-order valence-electron chi connectivity index (χ4n) is 4.10. The molecule has 5 N–H and O–H groups in total. The van der Waals surface area contributed by atoms with Gasteiger partial charge in [0.25, 0.3) is 0 Å². The Hall–Kier alpha value is -1.50. The van der Waals surface area contributed by atoms with Crippen LogP contribution in [0.2, 0.25) is 0 Å². The van der Waals surface area contributed by atoms with E-state index < -0.39 is 0 Å². The molecule has 0 spiro atoms. The van der Waals surface area contributed by atoms with Crippen molar-refractivity contribution in [3.63, 3.8) is 0 Å². The zero-order valence-corrected chi connectivity index (χ0v) is 17.1. The van der Waals surface area contributed by atoms with Gasteiger partial charge in [-0.1, -0.05) is 12.5 Å². The zero-order chi connectivity index (χ0) is 17.8. The minimum Gasteiger partial charge on any atom is -0.371 e. The average molecular weight is 417 g/mol. The molecule has 0 bridgehead atoms.